The van der Waals surface area contributed by atoms with Gasteiger partial charge in [-0.25, -0.2) is 24.2 Å². The monoisotopic (exact) mass is 676 g/mol. The van der Waals surface area contributed by atoms with Gasteiger partial charge in [-0.2, -0.15) is 0 Å². The number of carbonyl (C=O) groups is 4. The summed E-state index contributed by atoms with van der Waals surface area (Å²) >= 11 is 0. The van der Waals surface area contributed by atoms with Crippen LogP contribution in [0.1, 0.15) is 89.5 Å². The van der Waals surface area contributed by atoms with E-state index in [4.69, 9.17) is 23.7 Å². The molecule has 14 nitrogen and oxygen atoms in total. The molecule has 0 aliphatic carbocycles. The van der Waals surface area contributed by atoms with Crippen molar-refractivity contribution < 1.29 is 48.0 Å². The molecule has 0 unspecified atom stereocenters. The molecule has 0 radical (unpaired) electrons. The maximum Gasteiger partial charge on any atom is 0.427 e. The van der Waals surface area contributed by atoms with Gasteiger partial charge in [0.1, 0.15) is 34.8 Å². The summed E-state index contributed by atoms with van der Waals surface area (Å²) in [6, 6.07) is 6.64. The number of aliphatic hydroxyl groups excluding tert-OH is 1. The number of rotatable bonds is 10. The summed E-state index contributed by atoms with van der Waals surface area (Å²) in [5, 5.41) is 12.8. The molecule has 1 atom stereocenters. The van der Waals surface area contributed by atoms with Crippen LogP contribution in [0, 0.1) is 0 Å². The lowest BCUT2D eigenvalue weighted by Gasteiger charge is -2.28. The number of imide groups is 1. The molecule has 268 valence electrons. The van der Waals surface area contributed by atoms with Gasteiger partial charge in [0.15, 0.2) is 6.10 Å². The molecule has 0 aliphatic heterocycles. The van der Waals surface area contributed by atoms with Crippen molar-refractivity contribution in [2.75, 3.05) is 18.1 Å². The van der Waals surface area contributed by atoms with E-state index in [9.17, 15) is 24.3 Å². The number of carbonyl (C=O) groups excluding carboxylic acids is 4. The molecule has 3 amide bonds. The van der Waals surface area contributed by atoms with Gasteiger partial charge in [-0.3, -0.25) is 0 Å². The number of aryl methyl sites for hydroxylation is 1. The van der Waals surface area contributed by atoms with E-state index >= 15 is 0 Å². The summed E-state index contributed by atoms with van der Waals surface area (Å²) in [7, 11) is 0. The summed E-state index contributed by atoms with van der Waals surface area (Å²) in [5.74, 6) is -0.469. The third-order valence-electron chi connectivity index (χ3n) is 5.59. The van der Waals surface area contributed by atoms with Gasteiger partial charge in [-0.1, -0.05) is 0 Å². The number of amides is 3. The van der Waals surface area contributed by atoms with Crippen molar-refractivity contribution in [1.29, 1.82) is 0 Å². The largest absolute Gasteiger partial charge is 0.490 e. The quantitative estimate of drug-likeness (QED) is 0.166. The van der Waals surface area contributed by atoms with Crippen LogP contribution in [0.3, 0.4) is 0 Å². The Bertz CT molecular complexity index is 1380. The number of anilines is 1. The van der Waals surface area contributed by atoms with E-state index in [1.54, 1.807) is 118 Å². The van der Waals surface area contributed by atoms with Gasteiger partial charge < -0.3 is 38.7 Å². The molecule has 0 saturated carbocycles. The molecule has 0 bridgehead atoms. The highest BCUT2D eigenvalue weighted by Crippen LogP contribution is 2.28. The molecule has 2 N–H and O–H groups in total. The fourth-order valence-corrected chi connectivity index (χ4v) is 3.83. The zero-order valence-electron chi connectivity index (χ0n) is 30.3. The topological polar surface area (TPSA) is 168 Å². The second kappa shape index (κ2) is 15.7. The Morgan fingerprint density at radius 3 is 1.77 bits per heavy atom. The molecule has 1 aromatic heterocycles. The van der Waals surface area contributed by atoms with E-state index in [1.807, 2.05) is 0 Å². The van der Waals surface area contributed by atoms with Crippen LogP contribution in [0.15, 0.2) is 30.5 Å². The van der Waals surface area contributed by atoms with Crippen molar-refractivity contribution in [1.82, 2.24) is 14.9 Å². The number of benzene rings is 1. The van der Waals surface area contributed by atoms with Crippen LogP contribution in [0.4, 0.5) is 20.3 Å². The lowest BCUT2D eigenvalue weighted by Crippen LogP contribution is -2.45. The van der Waals surface area contributed by atoms with Crippen LogP contribution < -0.4 is 15.0 Å². The lowest BCUT2D eigenvalue weighted by molar-refractivity contribution is -0.166. The third-order valence-corrected chi connectivity index (χ3v) is 5.59. The second-order valence-electron chi connectivity index (χ2n) is 15.1. The van der Waals surface area contributed by atoms with Gasteiger partial charge in [-0.15, -0.1) is 4.90 Å². The highest BCUT2D eigenvalue weighted by molar-refractivity contribution is 6.08. The van der Waals surface area contributed by atoms with Crippen LogP contribution in [-0.4, -0.2) is 80.6 Å². The van der Waals surface area contributed by atoms with Crippen LogP contribution in [-0.2, 0) is 30.3 Å². The zero-order valence-corrected chi connectivity index (χ0v) is 30.3. The molecule has 0 aliphatic rings. The number of alkyl carbamates (subject to hydrolysis) is 1. The second-order valence-corrected chi connectivity index (χ2v) is 15.1. The molecular weight excluding hydrogens is 624 g/mol. The highest BCUT2D eigenvalue weighted by atomic mass is 16.6. The Labute approximate surface area is 283 Å². The number of esters is 1. The molecule has 1 heterocycles. The first-order valence-corrected chi connectivity index (χ1v) is 15.8. The predicted octanol–water partition coefficient (Wildman–Crippen LogP) is 6.22. The summed E-state index contributed by atoms with van der Waals surface area (Å²) in [6.07, 6.45) is -1.95. The highest BCUT2D eigenvalue weighted by Gasteiger charge is 2.36. The van der Waals surface area contributed by atoms with Crippen LogP contribution in [0.5, 0.6) is 5.75 Å². The van der Waals surface area contributed by atoms with E-state index in [0.717, 1.165) is 4.90 Å². The zero-order chi connectivity index (χ0) is 36.7. The molecule has 2 aromatic rings. The van der Waals surface area contributed by atoms with E-state index in [-0.39, 0.29) is 25.6 Å². The van der Waals surface area contributed by atoms with Gasteiger partial charge in [0, 0.05) is 24.8 Å². The Morgan fingerprint density at radius 1 is 0.792 bits per heavy atom. The van der Waals surface area contributed by atoms with Gasteiger partial charge in [0.05, 0.1) is 5.69 Å². The minimum absolute atomic E-state index is 0.0495. The molecule has 48 heavy (non-hydrogen) atoms. The van der Waals surface area contributed by atoms with Gasteiger partial charge in [0.25, 0.3) is 0 Å². The lowest BCUT2D eigenvalue weighted by atomic mass is 10.1. The van der Waals surface area contributed by atoms with Crippen LogP contribution >= 0.6 is 0 Å². The molecule has 14 heteroatoms. The molecule has 0 spiro atoms. The van der Waals surface area contributed by atoms with Gasteiger partial charge in [0.2, 0.25) is 5.95 Å². The maximum atomic E-state index is 13.4. The SMILES string of the molecule is CC(C)(C)OC(=O)NCCCn1cc(-c2ccc(OC[C@@H](O)C(=O)OC(C)(C)C)cc2)nc1N(C(=O)OC(C)(C)C)C(=O)OC(C)(C)C. The van der Waals surface area contributed by atoms with Crippen molar-refractivity contribution in [2.24, 2.45) is 0 Å². The minimum atomic E-state index is -1.47. The summed E-state index contributed by atoms with van der Waals surface area (Å²) in [4.78, 5) is 56.5. The summed E-state index contributed by atoms with van der Waals surface area (Å²) in [6.45, 7) is 20.6. The molecule has 0 saturated heterocycles. The summed E-state index contributed by atoms with van der Waals surface area (Å²) in [5.41, 5.74) is -2.25. The van der Waals surface area contributed by atoms with Crippen LogP contribution in [0.2, 0.25) is 0 Å². The first-order chi connectivity index (χ1) is 21.8. The smallest absolute Gasteiger partial charge is 0.427 e. The Balaban J connectivity index is 2.40. The maximum absolute atomic E-state index is 13.4. The number of nitrogens with zero attached hydrogens (tertiary/aromatic N) is 3. The van der Waals surface area contributed by atoms with Crippen molar-refractivity contribution >= 4 is 30.2 Å². The van der Waals surface area contributed by atoms with E-state index in [2.05, 4.69) is 10.3 Å². The minimum Gasteiger partial charge on any atom is -0.490 e. The Morgan fingerprint density at radius 2 is 1.29 bits per heavy atom. The normalized spacial score (nSPS) is 12.9. The molecule has 0 fully saturated rings. The number of aromatic nitrogens is 2. The number of hydrogen-bond donors (Lipinski definition) is 2. The van der Waals surface area contributed by atoms with Gasteiger partial charge >= 0.3 is 24.2 Å². The van der Waals surface area contributed by atoms with Gasteiger partial charge in [-0.05, 0) is 114 Å². The first-order valence-electron chi connectivity index (χ1n) is 15.8. The van der Waals surface area contributed by atoms with E-state index in [1.165, 1.54) is 0 Å². The van der Waals surface area contributed by atoms with Crippen molar-refractivity contribution in [3.05, 3.63) is 30.5 Å². The average molecular weight is 677 g/mol. The summed E-state index contributed by atoms with van der Waals surface area (Å²) < 4.78 is 28.8. The first kappa shape index (κ1) is 39.8. The third kappa shape index (κ3) is 14.2. The fourth-order valence-electron chi connectivity index (χ4n) is 3.83. The predicted molar refractivity (Wildman–Crippen MR) is 179 cm³/mol. The van der Waals surface area contributed by atoms with E-state index < -0.39 is 52.8 Å². The Kier molecular flexibility index (Phi) is 13.0. The average Bonchev–Trinajstić information content (AvgIpc) is 3.29. The Hall–Kier alpha value is -4.33. The number of imidazole rings is 1. The fraction of sp³-hybridized carbons (Fsp3) is 0.618. The molecule has 1 aromatic carbocycles. The molecular formula is C34H52N4O10. The van der Waals surface area contributed by atoms with Crippen LogP contribution in [0.25, 0.3) is 11.3 Å². The number of ether oxygens (including phenoxy) is 5. The number of aliphatic hydroxyl groups is 1. The van der Waals surface area contributed by atoms with Crippen molar-refractivity contribution in [2.45, 2.75) is 125 Å². The number of hydrogen-bond acceptors (Lipinski definition) is 11. The van der Waals surface area contributed by atoms with E-state index in [0.29, 0.717) is 23.4 Å². The molecule has 2 rings (SSSR count). The number of nitrogens with one attached hydrogen (secondary N) is 1. The van der Waals surface area contributed by atoms with Crippen molar-refractivity contribution in [3.8, 4) is 17.0 Å². The standard InChI is InChI=1S/C34H52N4O10/c1-31(2,3)45-26(40)25(39)21-44-23-16-14-22(15-17-23)24-20-37(19-13-18-35-28(41)46-32(4,5)6)27(36-24)38(29(42)47-33(7,8)9)30(43)48-34(10,11)12/h14-17,20,25,39H,13,18-19,21H2,1-12H3,(H,35,41)/t25-/m1/s1. The van der Waals surface area contributed by atoms with Crippen molar-refractivity contribution in [3.63, 3.8) is 0 Å².